The van der Waals surface area contributed by atoms with Crippen molar-refractivity contribution in [2.45, 2.75) is 38.0 Å². The SMILES string of the molecule is Cc1coc(CNc2ncnc3c2ncn3C2O[C@H](CO)[C@@H](O)[C@@H]2O)c1. The van der Waals surface area contributed by atoms with Crippen LogP contribution in [0.1, 0.15) is 17.6 Å². The lowest BCUT2D eigenvalue weighted by molar-refractivity contribution is -0.0511. The highest BCUT2D eigenvalue weighted by molar-refractivity contribution is 5.82. The van der Waals surface area contributed by atoms with Crippen LogP contribution < -0.4 is 5.32 Å². The van der Waals surface area contributed by atoms with E-state index in [-0.39, 0.29) is 0 Å². The van der Waals surface area contributed by atoms with Gasteiger partial charge in [0, 0.05) is 0 Å². The molecule has 0 amide bonds. The number of ether oxygens (including phenoxy) is 1. The summed E-state index contributed by atoms with van der Waals surface area (Å²) in [4.78, 5) is 12.7. The lowest BCUT2D eigenvalue weighted by atomic mass is 10.1. The third-order valence-corrected chi connectivity index (χ3v) is 4.36. The van der Waals surface area contributed by atoms with Crippen molar-refractivity contribution in [1.29, 1.82) is 0 Å². The second-order valence-corrected chi connectivity index (χ2v) is 6.22. The number of aliphatic hydroxyl groups is 3. The number of fused-ring (bicyclic) bond motifs is 1. The Balaban J connectivity index is 1.61. The molecule has 0 saturated carbocycles. The molecule has 1 aliphatic heterocycles. The third kappa shape index (κ3) is 2.82. The summed E-state index contributed by atoms with van der Waals surface area (Å²) in [6.45, 7) is 1.98. The number of hydrogen-bond acceptors (Lipinski definition) is 9. The first kappa shape index (κ1) is 16.9. The van der Waals surface area contributed by atoms with Crippen LogP contribution in [0.3, 0.4) is 0 Å². The van der Waals surface area contributed by atoms with Crippen LogP contribution in [0.4, 0.5) is 5.82 Å². The van der Waals surface area contributed by atoms with E-state index in [2.05, 4.69) is 20.3 Å². The minimum atomic E-state index is -1.21. The van der Waals surface area contributed by atoms with Crippen LogP contribution >= 0.6 is 0 Å². The molecule has 1 saturated heterocycles. The molecule has 4 heterocycles. The van der Waals surface area contributed by atoms with Gasteiger partial charge in [0.25, 0.3) is 0 Å². The van der Waals surface area contributed by atoms with Gasteiger partial charge in [0.1, 0.15) is 30.4 Å². The average molecular weight is 361 g/mol. The van der Waals surface area contributed by atoms with Gasteiger partial charge < -0.3 is 29.8 Å². The Morgan fingerprint density at radius 1 is 1.23 bits per heavy atom. The molecule has 3 aromatic rings. The fourth-order valence-electron chi connectivity index (χ4n) is 3.03. The van der Waals surface area contributed by atoms with E-state index < -0.39 is 31.1 Å². The molecular weight excluding hydrogens is 342 g/mol. The Kier molecular flexibility index (Phi) is 4.32. The maximum atomic E-state index is 10.2. The molecule has 0 bridgehead atoms. The molecule has 1 aliphatic rings. The van der Waals surface area contributed by atoms with E-state index in [9.17, 15) is 15.3 Å². The van der Waals surface area contributed by atoms with Gasteiger partial charge in [-0.25, -0.2) is 15.0 Å². The van der Waals surface area contributed by atoms with Gasteiger partial charge in [-0.3, -0.25) is 4.57 Å². The van der Waals surface area contributed by atoms with Crippen molar-refractivity contribution >= 4 is 17.0 Å². The van der Waals surface area contributed by atoms with Gasteiger partial charge in [-0.1, -0.05) is 0 Å². The van der Waals surface area contributed by atoms with Crippen molar-refractivity contribution in [1.82, 2.24) is 19.5 Å². The summed E-state index contributed by atoms with van der Waals surface area (Å²) < 4.78 is 12.5. The average Bonchev–Trinajstić information content (AvgIpc) is 3.32. The normalized spacial score (nSPS) is 25.8. The molecule has 0 radical (unpaired) electrons. The molecule has 1 unspecified atom stereocenters. The van der Waals surface area contributed by atoms with Gasteiger partial charge >= 0.3 is 0 Å². The van der Waals surface area contributed by atoms with Crippen molar-refractivity contribution in [2.24, 2.45) is 0 Å². The number of aromatic nitrogens is 4. The van der Waals surface area contributed by atoms with Crippen LogP contribution in [0.15, 0.2) is 29.4 Å². The third-order valence-electron chi connectivity index (χ3n) is 4.36. The molecule has 4 N–H and O–H groups in total. The van der Waals surface area contributed by atoms with Gasteiger partial charge in [0.05, 0.1) is 25.7 Å². The summed E-state index contributed by atoms with van der Waals surface area (Å²) in [7, 11) is 0. The topological polar surface area (TPSA) is 139 Å². The summed E-state index contributed by atoms with van der Waals surface area (Å²) in [6, 6.07) is 1.92. The number of hydrogen-bond donors (Lipinski definition) is 4. The number of nitrogens with one attached hydrogen (secondary N) is 1. The van der Waals surface area contributed by atoms with E-state index in [4.69, 9.17) is 9.15 Å². The number of anilines is 1. The van der Waals surface area contributed by atoms with Crippen molar-refractivity contribution in [3.8, 4) is 0 Å². The van der Waals surface area contributed by atoms with E-state index in [1.807, 2.05) is 13.0 Å². The fourth-order valence-corrected chi connectivity index (χ4v) is 3.03. The van der Waals surface area contributed by atoms with Crippen LogP contribution in [-0.2, 0) is 11.3 Å². The number of furan rings is 1. The Labute approximate surface area is 148 Å². The van der Waals surface area contributed by atoms with Crippen LogP contribution in [0.5, 0.6) is 0 Å². The first-order valence-corrected chi connectivity index (χ1v) is 8.16. The highest BCUT2D eigenvalue weighted by Gasteiger charge is 2.44. The molecule has 0 aliphatic carbocycles. The fraction of sp³-hybridized carbons (Fsp3) is 0.438. The monoisotopic (exact) mass is 361 g/mol. The molecule has 4 atom stereocenters. The van der Waals surface area contributed by atoms with Crippen molar-refractivity contribution in [3.05, 3.63) is 36.3 Å². The van der Waals surface area contributed by atoms with Crippen LogP contribution in [0.25, 0.3) is 11.2 Å². The predicted molar refractivity (Wildman–Crippen MR) is 89.1 cm³/mol. The molecule has 10 nitrogen and oxygen atoms in total. The molecule has 10 heteroatoms. The van der Waals surface area contributed by atoms with E-state index in [1.54, 1.807) is 6.26 Å². The van der Waals surface area contributed by atoms with Gasteiger partial charge in [-0.15, -0.1) is 0 Å². The molecule has 138 valence electrons. The number of rotatable bonds is 5. The summed E-state index contributed by atoms with van der Waals surface area (Å²) in [6.07, 6.45) is 0.338. The maximum absolute atomic E-state index is 10.2. The zero-order chi connectivity index (χ0) is 18.3. The standard InChI is InChI=1S/C16H19N5O5/c1-8-2-9(25-5-8)3-17-14-11-15(19-6-18-14)21(7-20-11)16-13(24)12(23)10(4-22)26-16/h2,5-7,10,12-13,16,22-24H,3-4H2,1H3,(H,17,18,19)/t10-,12-,13+,16?/m1/s1. The molecule has 3 aromatic heterocycles. The summed E-state index contributed by atoms with van der Waals surface area (Å²) in [5.41, 5.74) is 1.96. The largest absolute Gasteiger partial charge is 0.467 e. The van der Waals surface area contributed by atoms with Crippen molar-refractivity contribution < 1.29 is 24.5 Å². The lowest BCUT2D eigenvalue weighted by Gasteiger charge is -2.16. The highest BCUT2D eigenvalue weighted by atomic mass is 16.6. The maximum Gasteiger partial charge on any atom is 0.167 e. The van der Waals surface area contributed by atoms with Crippen molar-refractivity contribution in [2.75, 3.05) is 11.9 Å². The molecular formula is C16H19N5O5. The smallest absolute Gasteiger partial charge is 0.167 e. The van der Waals surface area contributed by atoms with Crippen molar-refractivity contribution in [3.63, 3.8) is 0 Å². The number of aryl methyl sites for hydroxylation is 1. The Hall–Kier alpha value is -2.53. The Bertz CT molecular complexity index is 909. The quantitative estimate of drug-likeness (QED) is 0.492. The molecule has 0 aromatic carbocycles. The van der Waals surface area contributed by atoms with Crippen LogP contribution in [0.2, 0.25) is 0 Å². The summed E-state index contributed by atoms with van der Waals surface area (Å²) in [5, 5.41) is 32.5. The first-order valence-electron chi connectivity index (χ1n) is 8.16. The zero-order valence-electron chi connectivity index (χ0n) is 14.0. The zero-order valence-corrected chi connectivity index (χ0v) is 14.0. The second kappa shape index (κ2) is 6.65. The van der Waals surface area contributed by atoms with E-state index in [1.165, 1.54) is 17.2 Å². The van der Waals surface area contributed by atoms with Crippen LogP contribution in [-0.4, -0.2) is 59.8 Å². The van der Waals surface area contributed by atoms with E-state index in [0.29, 0.717) is 23.5 Å². The van der Waals surface area contributed by atoms with E-state index >= 15 is 0 Å². The Morgan fingerprint density at radius 2 is 2.08 bits per heavy atom. The van der Waals surface area contributed by atoms with Gasteiger partial charge in [0.2, 0.25) is 0 Å². The number of aliphatic hydroxyl groups excluding tert-OH is 3. The first-order chi connectivity index (χ1) is 12.6. The second-order valence-electron chi connectivity index (χ2n) is 6.22. The van der Waals surface area contributed by atoms with Gasteiger partial charge in [-0.05, 0) is 18.6 Å². The molecule has 1 fully saturated rings. The highest BCUT2D eigenvalue weighted by Crippen LogP contribution is 2.32. The van der Waals surface area contributed by atoms with Crippen LogP contribution in [0, 0.1) is 6.92 Å². The molecule has 26 heavy (non-hydrogen) atoms. The predicted octanol–water partition coefficient (Wildman–Crippen LogP) is -0.0487. The van der Waals surface area contributed by atoms with Gasteiger partial charge in [0.15, 0.2) is 23.2 Å². The van der Waals surface area contributed by atoms with Gasteiger partial charge in [-0.2, -0.15) is 0 Å². The number of nitrogens with zero attached hydrogens (tertiary/aromatic N) is 4. The minimum Gasteiger partial charge on any atom is -0.467 e. The minimum absolute atomic E-state index is 0.397. The Morgan fingerprint density at radius 3 is 2.77 bits per heavy atom. The molecule has 4 rings (SSSR count). The summed E-state index contributed by atoms with van der Waals surface area (Å²) in [5.74, 6) is 1.27. The number of imidazole rings is 1. The van der Waals surface area contributed by atoms with E-state index in [0.717, 1.165) is 11.3 Å². The lowest BCUT2D eigenvalue weighted by Crippen LogP contribution is -2.33. The summed E-state index contributed by atoms with van der Waals surface area (Å²) >= 11 is 0. The molecule has 0 spiro atoms.